The van der Waals surface area contributed by atoms with Crippen LogP contribution in [0, 0.1) is 0 Å². The molecule has 0 heterocycles. The normalized spacial score (nSPS) is 14.3. The maximum Gasteiger partial charge on any atom is 0.408 e. The van der Waals surface area contributed by atoms with Crippen molar-refractivity contribution in [2.24, 2.45) is 0 Å². The molecule has 0 aromatic heterocycles. The summed E-state index contributed by atoms with van der Waals surface area (Å²) >= 11 is 1.34. The topological polar surface area (TPSA) is 112 Å². The van der Waals surface area contributed by atoms with Crippen LogP contribution in [0.1, 0.15) is 54.0 Å². The summed E-state index contributed by atoms with van der Waals surface area (Å²) in [6.07, 6.45) is -0.719. The van der Waals surface area contributed by atoms with Crippen LogP contribution in [0.3, 0.4) is 0 Å². The minimum atomic E-state index is -0.962. The molecule has 1 rings (SSSR count). The Morgan fingerprint density at radius 1 is 0.914 bits per heavy atom. The third-order valence-electron chi connectivity index (χ3n) is 4.52. The molecule has 198 valence electrons. The Bertz CT molecular complexity index is 832. The lowest BCUT2D eigenvalue weighted by molar-refractivity contribution is -0.156. The van der Waals surface area contributed by atoms with Crippen LogP contribution in [0.4, 0.5) is 4.79 Å². The van der Waals surface area contributed by atoms with E-state index in [0.29, 0.717) is 6.54 Å². The van der Waals surface area contributed by atoms with Gasteiger partial charge in [-0.3, -0.25) is 10.1 Å². The van der Waals surface area contributed by atoms with Crippen molar-refractivity contribution in [3.05, 3.63) is 29.8 Å². The van der Waals surface area contributed by atoms with E-state index in [1.165, 1.54) is 18.9 Å². The lowest BCUT2D eigenvalue weighted by Crippen LogP contribution is -2.49. The van der Waals surface area contributed by atoms with Gasteiger partial charge >= 0.3 is 18.0 Å². The molecule has 0 unspecified atom stereocenters. The summed E-state index contributed by atoms with van der Waals surface area (Å²) in [4.78, 5) is 37.6. The largest absolute Gasteiger partial charge is 0.497 e. The van der Waals surface area contributed by atoms with Crippen molar-refractivity contribution in [2.45, 2.75) is 83.5 Å². The van der Waals surface area contributed by atoms with E-state index in [0.717, 1.165) is 11.3 Å². The summed E-state index contributed by atoms with van der Waals surface area (Å²) in [6.45, 7) is 12.8. The third-order valence-corrected chi connectivity index (χ3v) is 5.84. The molecule has 10 heteroatoms. The molecular formula is C25H40N2O7S. The summed E-state index contributed by atoms with van der Waals surface area (Å²) in [7, 11) is 2.93. The number of benzene rings is 1. The summed E-state index contributed by atoms with van der Waals surface area (Å²) in [5.41, 5.74) is -0.477. The molecule has 0 saturated carbocycles. The average Bonchev–Trinajstić information content (AvgIpc) is 2.74. The Morgan fingerprint density at radius 2 is 1.49 bits per heavy atom. The van der Waals surface area contributed by atoms with Gasteiger partial charge in [0.15, 0.2) is 0 Å². The highest BCUT2D eigenvalue weighted by Crippen LogP contribution is 2.20. The number of carbonyl (C=O) groups excluding carboxylic acids is 3. The smallest absolute Gasteiger partial charge is 0.408 e. The van der Waals surface area contributed by atoms with E-state index in [2.05, 4.69) is 10.6 Å². The first kappa shape index (κ1) is 30.6. The van der Waals surface area contributed by atoms with Crippen LogP contribution in [0.2, 0.25) is 0 Å². The fraction of sp³-hybridized carbons (Fsp3) is 0.640. The molecule has 0 bridgehead atoms. The number of esters is 2. The van der Waals surface area contributed by atoms with E-state index in [4.69, 9.17) is 18.9 Å². The Morgan fingerprint density at radius 3 is 1.97 bits per heavy atom. The molecule has 0 aliphatic rings. The molecule has 1 aromatic rings. The van der Waals surface area contributed by atoms with Gasteiger partial charge in [-0.2, -0.15) is 11.8 Å². The number of carbonyl (C=O) groups is 3. The minimum Gasteiger partial charge on any atom is -0.497 e. The summed E-state index contributed by atoms with van der Waals surface area (Å²) in [5, 5.41) is 5.53. The van der Waals surface area contributed by atoms with Gasteiger partial charge in [0.05, 0.1) is 14.2 Å². The monoisotopic (exact) mass is 512 g/mol. The van der Waals surface area contributed by atoms with E-state index < -0.39 is 41.3 Å². The van der Waals surface area contributed by atoms with Crippen LogP contribution in [0.5, 0.6) is 5.75 Å². The highest BCUT2D eigenvalue weighted by atomic mass is 32.2. The van der Waals surface area contributed by atoms with Crippen LogP contribution in [0.25, 0.3) is 0 Å². The van der Waals surface area contributed by atoms with Gasteiger partial charge in [-0.15, -0.1) is 0 Å². The van der Waals surface area contributed by atoms with Gasteiger partial charge in [0.25, 0.3) is 0 Å². The Balaban J connectivity index is 2.88. The zero-order valence-corrected chi connectivity index (χ0v) is 23.0. The van der Waals surface area contributed by atoms with Gasteiger partial charge in [-0.25, -0.2) is 9.59 Å². The van der Waals surface area contributed by atoms with Crippen molar-refractivity contribution in [2.75, 3.05) is 20.0 Å². The molecule has 0 saturated heterocycles. The maximum atomic E-state index is 12.8. The van der Waals surface area contributed by atoms with Gasteiger partial charge in [-0.1, -0.05) is 19.1 Å². The predicted molar refractivity (Wildman–Crippen MR) is 137 cm³/mol. The molecule has 3 atom stereocenters. The van der Waals surface area contributed by atoms with Crippen LogP contribution < -0.4 is 15.4 Å². The number of thioether (sulfide) groups is 1. The molecule has 9 nitrogen and oxygen atoms in total. The molecule has 35 heavy (non-hydrogen) atoms. The first-order valence-corrected chi connectivity index (χ1v) is 12.5. The predicted octanol–water partition coefficient (Wildman–Crippen LogP) is 3.68. The number of methoxy groups -OCH3 is 2. The first-order valence-electron chi connectivity index (χ1n) is 11.4. The molecule has 0 aliphatic heterocycles. The summed E-state index contributed by atoms with van der Waals surface area (Å²) < 4.78 is 20.9. The van der Waals surface area contributed by atoms with Crippen molar-refractivity contribution in [3.63, 3.8) is 0 Å². The van der Waals surface area contributed by atoms with Crippen molar-refractivity contribution < 1.29 is 33.3 Å². The van der Waals surface area contributed by atoms with Crippen LogP contribution in [0.15, 0.2) is 24.3 Å². The number of hydrogen-bond acceptors (Lipinski definition) is 9. The summed E-state index contributed by atoms with van der Waals surface area (Å²) in [5.74, 6) is -0.0864. The first-order chi connectivity index (χ1) is 16.1. The van der Waals surface area contributed by atoms with Crippen molar-refractivity contribution in [1.82, 2.24) is 10.6 Å². The molecule has 0 spiro atoms. The van der Waals surface area contributed by atoms with Crippen LogP contribution >= 0.6 is 11.8 Å². The van der Waals surface area contributed by atoms with Gasteiger partial charge in [0.1, 0.15) is 29.0 Å². The molecule has 1 aromatic carbocycles. The Hall–Kier alpha value is -2.46. The SMILES string of the molecule is COC(=O)[C@H](NCc1ccc(OC)cc1)[C@@H](C)SC[C@H](NC(=O)OC(C)(C)C)C(=O)OC(C)(C)C. The second-order valence-corrected chi connectivity index (χ2v) is 11.4. The number of ether oxygens (including phenoxy) is 4. The number of amides is 1. The zero-order valence-electron chi connectivity index (χ0n) is 22.2. The average molecular weight is 513 g/mol. The quantitative estimate of drug-likeness (QED) is 0.339. The number of hydrogen-bond donors (Lipinski definition) is 2. The molecule has 0 radical (unpaired) electrons. The van der Waals surface area contributed by atoms with Crippen LogP contribution in [-0.2, 0) is 30.3 Å². The van der Waals surface area contributed by atoms with Crippen molar-refractivity contribution >= 4 is 29.8 Å². The lowest BCUT2D eigenvalue weighted by atomic mass is 10.1. The minimum absolute atomic E-state index is 0.174. The summed E-state index contributed by atoms with van der Waals surface area (Å²) in [6, 6.07) is 5.89. The fourth-order valence-corrected chi connectivity index (χ4v) is 3.99. The highest BCUT2D eigenvalue weighted by Gasteiger charge is 2.32. The highest BCUT2D eigenvalue weighted by molar-refractivity contribution is 8.00. The van der Waals surface area contributed by atoms with Gasteiger partial charge in [0.2, 0.25) is 0 Å². The van der Waals surface area contributed by atoms with E-state index >= 15 is 0 Å². The molecule has 1 amide bonds. The van der Waals surface area contributed by atoms with Gasteiger partial charge in [-0.05, 0) is 59.2 Å². The number of nitrogens with one attached hydrogen (secondary N) is 2. The number of alkyl carbamates (subject to hydrolysis) is 1. The van der Waals surface area contributed by atoms with Gasteiger partial charge in [0, 0.05) is 17.5 Å². The standard InChI is InChI=1S/C25H40N2O7S/c1-16(20(22(29)32-9)26-14-17-10-12-18(31-8)13-11-17)35-15-19(21(28)33-24(2,3)4)27-23(30)34-25(5,6)7/h10-13,16,19-20,26H,14-15H2,1-9H3,(H,27,30)/t16-,19+,20-/m1/s1. The zero-order chi connectivity index (χ0) is 26.8. The van der Waals surface area contributed by atoms with Crippen molar-refractivity contribution in [1.29, 1.82) is 0 Å². The fourth-order valence-electron chi connectivity index (χ4n) is 2.87. The van der Waals surface area contributed by atoms with Crippen LogP contribution in [-0.4, -0.2) is 66.5 Å². The molecular weight excluding hydrogens is 472 g/mol. The van der Waals surface area contributed by atoms with Gasteiger partial charge < -0.3 is 24.3 Å². The van der Waals surface area contributed by atoms with Crippen molar-refractivity contribution in [3.8, 4) is 5.75 Å². The molecule has 0 aliphatic carbocycles. The third kappa shape index (κ3) is 12.2. The molecule has 2 N–H and O–H groups in total. The lowest BCUT2D eigenvalue weighted by Gasteiger charge is -2.28. The maximum absolute atomic E-state index is 12.8. The second-order valence-electron chi connectivity index (χ2n) is 10.0. The Labute approximate surface area is 213 Å². The van der Waals surface area contributed by atoms with E-state index in [1.54, 1.807) is 48.7 Å². The van der Waals surface area contributed by atoms with E-state index in [1.807, 2.05) is 31.2 Å². The number of rotatable bonds is 11. The second kappa shape index (κ2) is 13.6. The molecule has 0 fully saturated rings. The van der Waals surface area contributed by atoms with E-state index in [9.17, 15) is 14.4 Å². The van der Waals surface area contributed by atoms with E-state index in [-0.39, 0.29) is 11.0 Å². The Kier molecular flexibility index (Phi) is 11.9.